The van der Waals surface area contributed by atoms with Crippen molar-refractivity contribution >= 4 is 11.9 Å². The molecule has 0 radical (unpaired) electrons. The molecule has 24 heavy (non-hydrogen) atoms. The second kappa shape index (κ2) is 8.76. The summed E-state index contributed by atoms with van der Waals surface area (Å²) in [5.74, 6) is 0.248. The summed E-state index contributed by atoms with van der Waals surface area (Å²) in [5.41, 5.74) is 0.911. The Morgan fingerprint density at radius 3 is 2.83 bits per heavy atom. The second-order valence-electron chi connectivity index (χ2n) is 5.24. The van der Waals surface area contributed by atoms with E-state index >= 15 is 0 Å². The molecule has 0 saturated carbocycles. The maximum absolute atomic E-state index is 12.0. The first-order valence-electron chi connectivity index (χ1n) is 7.67. The molecule has 0 unspecified atom stereocenters. The second-order valence-corrected chi connectivity index (χ2v) is 5.24. The van der Waals surface area contributed by atoms with E-state index in [0.29, 0.717) is 17.9 Å². The van der Waals surface area contributed by atoms with Gasteiger partial charge in [-0.15, -0.1) is 0 Å². The molecule has 2 rings (SSSR count). The van der Waals surface area contributed by atoms with E-state index in [1.165, 1.54) is 13.2 Å². The van der Waals surface area contributed by atoms with Crippen LogP contribution in [-0.2, 0) is 20.7 Å². The Balaban J connectivity index is 1.98. The number of allylic oxidation sites excluding steroid dienone is 3. The van der Waals surface area contributed by atoms with Crippen molar-refractivity contribution in [1.29, 1.82) is 0 Å². The van der Waals surface area contributed by atoms with Gasteiger partial charge in [-0.2, -0.15) is 0 Å². The minimum atomic E-state index is -0.477. The van der Waals surface area contributed by atoms with Gasteiger partial charge in [-0.3, -0.25) is 9.59 Å². The van der Waals surface area contributed by atoms with Crippen LogP contribution >= 0.6 is 0 Å². The molecule has 0 saturated heterocycles. The molecule has 1 amide bonds. The van der Waals surface area contributed by atoms with Crippen LogP contribution in [0.2, 0.25) is 0 Å². The van der Waals surface area contributed by atoms with Gasteiger partial charge >= 0.3 is 5.97 Å². The van der Waals surface area contributed by atoms with Crippen molar-refractivity contribution in [2.24, 2.45) is 5.92 Å². The number of amides is 1. The van der Waals surface area contributed by atoms with Crippen LogP contribution in [0.25, 0.3) is 0 Å². The van der Waals surface area contributed by atoms with E-state index in [2.05, 4.69) is 5.32 Å². The summed E-state index contributed by atoms with van der Waals surface area (Å²) >= 11 is 0. The average Bonchev–Trinajstić information content (AvgIpc) is 3.05. The molecule has 1 aliphatic rings. The first-order valence-corrected chi connectivity index (χ1v) is 7.67. The van der Waals surface area contributed by atoms with Crippen molar-refractivity contribution in [3.8, 4) is 11.5 Å². The van der Waals surface area contributed by atoms with Gasteiger partial charge in [-0.25, -0.2) is 0 Å². The van der Waals surface area contributed by atoms with Crippen molar-refractivity contribution in [2.75, 3.05) is 20.4 Å². The first kappa shape index (κ1) is 17.6. The molecule has 6 heteroatoms. The van der Waals surface area contributed by atoms with E-state index in [9.17, 15) is 9.59 Å². The van der Waals surface area contributed by atoms with E-state index in [1.807, 2.05) is 31.2 Å². The third kappa shape index (κ3) is 4.87. The highest BCUT2D eigenvalue weighted by Gasteiger charge is 2.22. The van der Waals surface area contributed by atoms with E-state index in [4.69, 9.17) is 14.2 Å². The largest absolute Gasteiger partial charge is 0.469 e. The summed E-state index contributed by atoms with van der Waals surface area (Å²) in [6, 6.07) is 5.52. The molecular formula is C18H21NO5. The molecule has 1 N–H and O–H groups in total. The molecule has 0 bridgehead atoms. The van der Waals surface area contributed by atoms with Crippen LogP contribution in [0.5, 0.6) is 11.5 Å². The van der Waals surface area contributed by atoms with Gasteiger partial charge in [-0.05, 0) is 31.0 Å². The fraction of sp³-hybridized carbons (Fsp3) is 0.333. The number of methoxy groups -OCH3 is 1. The molecule has 0 aromatic heterocycles. The maximum Gasteiger partial charge on any atom is 0.310 e. The molecule has 128 valence electrons. The number of hydrogen-bond donors (Lipinski definition) is 1. The lowest BCUT2D eigenvalue weighted by molar-refractivity contribution is -0.145. The minimum absolute atomic E-state index is 0.195. The van der Waals surface area contributed by atoms with E-state index in [0.717, 1.165) is 5.56 Å². The Labute approximate surface area is 141 Å². The fourth-order valence-corrected chi connectivity index (χ4v) is 2.29. The maximum atomic E-state index is 12.0. The van der Waals surface area contributed by atoms with Crippen LogP contribution in [0.15, 0.2) is 42.5 Å². The standard InChI is InChI=1S/C18H21NO5/c1-3-4-5-6-17(20)19-11-14(18(21)22-2)9-13-7-8-15-16(10-13)24-12-23-15/h3-8,10,14H,9,11-12H2,1-2H3,(H,19,20)/b4-3+,6-5+/t14-/m1/s1. The predicted molar refractivity (Wildman–Crippen MR) is 88.7 cm³/mol. The molecule has 0 aliphatic carbocycles. The van der Waals surface area contributed by atoms with Crippen molar-refractivity contribution in [2.45, 2.75) is 13.3 Å². The SMILES string of the molecule is C/C=C/C=C/C(=O)NC[C@@H](Cc1ccc2c(c1)OCO2)C(=O)OC. The molecule has 1 aromatic rings. The summed E-state index contributed by atoms with van der Waals surface area (Å²) in [7, 11) is 1.34. The number of esters is 1. The fourth-order valence-electron chi connectivity index (χ4n) is 2.29. The molecule has 1 atom stereocenters. The van der Waals surface area contributed by atoms with Crippen LogP contribution in [0.1, 0.15) is 12.5 Å². The Bertz CT molecular complexity index is 651. The Hall–Kier alpha value is -2.76. The van der Waals surface area contributed by atoms with E-state index in [-0.39, 0.29) is 25.2 Å². The highest BCUT2D eigenvalue weighted by atomic mass is 16.7. The van der Waals surface area contributed by atoms with E-state index in [1.54, 1.807) is 12.2 Å². The summed E-state index contributed by atoms with van der Waals surface area (Å²) in [6.07, 6.45) is 7.06. The van der Waals surface area contributed by atoms with Crippen LogP contribution in [0.4, 0.5) is 0 Å². The molecule has 1 aromatic carbocycles. The molecule has 6 nitrogen and oxygen atoms in total. The average molecular weight is 331 g/mol. The molecule has 1 heterocycles. The summed E-state index contributed by atoms with van der Waals surface area (Å²) in [5, 5.41) is 2.71. The number of fused-ring (bicyclic) bond motifs is 1. The third-order valence-electron chi connectivity index (χ3n) is 3.53. The monoisotopic (exact) mass is 331 g/mol. The summed E-state index contributed by atoms with van der Waals surface area (Å²) in [6.45, 7) is 2.26. The minimum Gasteiger partial charge on any atom is -0.469 e. The lowest BCUT2D eigenvalue weighted by Crippen LogP contribution is -2.33. The number of carbonyl (C=O) groups excluding carboxylic acids is 2. The number of ether oxygens (including phenoxy) is 3. The van der Waals surface area contributed by atoms with E-state index < -0.39 is 5.92 Å². The zero-order chi connectivity index (χ0) is 17.4. The lowest BCUT2D eigenvalue weighted by Gasteiger charge is -2.15. The van der Waals surface area contributed by atoms with Gasteiger partial charge in [0.25, 0.3) is 0 Å². The van der Waals surface area contributed by atoms with Crippen LogP contribution in [0, 0.1) is 5.92 Å². The third-order valence-corrected chi connectivity index (χ3v) is 3.53. The Morgan fingerprint density at radius 2 is 2.08 bits per heavy atom. The van der Waals surface area contributed by atoms with Gasteiger partial charge in [0.15, 0.2) is 11.5 Å². The van der Waals surface area contributed by atoms with Crippen LogP contribution in [-0.4, -0.2) is 32.3 Å². The number of rotatable bonds is 7. The summed E-state index contributed by atoms with van der Waals surface area (Å²) in [4.78, 5) is 23.7. The first-order chi connectivity index (χ1) is 11.6. The highest BCUT2D eigenvalue weighted by Crippen LogP contribution is 2.33. The van der Waals surface area contributed by atoms with Gasteiger partial charge < -0.3 is 19.5 Å². The molecule has 0 spiro atoms. The smallest absolute Gasteiger partial charge is 0.310 e. The molecule has 1 aliphatic heterocycles. The van der Waals surface area contributed by atoms with Gasteiger partial charge in [0, 0.05) is 12.6 Å². The quantitative estimate of drug-likeness (QED) is 0.470. The normalized spacial score (nSPS) is 14.1. The number of benzene rings is 1. The van der Waals surface area contributed by atoms with Crippen LogP contribution in [0.3, 0.4) is 0 Å². The number of carbonyl (C=O) groups is 2. The van der Waals surface area contributed by atoms with Crippen molar-refractivity contribution < 1.29 is 23.8 Å². The summed E-state index contributed by atoms with van der Waals surface area (Å²) < 4.78 is 15.4. The van der Waals surface area contributed by atoms with Crippen molar-refractivity contribution in [3.63, 3.8) is 0 Å². The van der Waals surface area contributed by atoms with Gasteiger partial charge in [0.1, 0.15) is 0 Å². The molecular weight excluding hydrogens is 310 g/mol. The topological polar surface area (TPSA) is 73.9 Å². The number of hydrogen-bond acceptors (Lipinski definition) is 5. The zero-order valence-electron chi connectivity index (χ0n) is 13.8. The van der Waals surface area contributed by atoms with Gasteiger partial charge in [0.05, 0.1) is 13.0 Å². The zero-order valence-corrected chi connectivity index (χ0v) is 13.8. The highest BCUT2D eigenvalue weighted by molar-refractivity contribution is 5.88. The van der Waals surface area contributed by atoms with Crippen LogP contribution < -0.4 is 14.8 Å². The van der Waals surface area contributed by atoms with Crippen molar-refractivity contribution in [1.82, 2.24) is 5.32 Å². The molecule has 0 fully saturated rings. The van der Waals surface area contributed by atoms with Gasteiger partial charge in [-0.1, -0.05) is 24.3 Å². The Morgan fingerprint density at radius 1 is 1.29 bits per heavy atom. The van der Waals surface area contributed by atoms with Crippen molar-refractivity contribution in [3.05, 3.63) is 48.1 Å². The predicted octanol–water partition coefficient (Wildman–Crippen LogP) is 2.00. The Kier molecular flexibility index (Phi) is 6.42. The lowest BCUT2D eigenvalue weighted by atomic mass is 9.99. The van der Waals surface area contributed by atoms with Gasteiger partial charge in [0.2, 0.25) is 12.7 Å². The number of nitrogens with one attached hydrogen (secondary N) is 1.